The fraction of sp³-hybridized carbons (Fsp3) is 0.700. The first kappa shape index (κ1) is 8.60. The molecule has 3 heteroatoms. The fourth-order valence-electron chi connectivity index (χ4n) is 2.07. The molecule has 0 aromatic carbocycles. The topological polar surface area (TPSA) is 40.7 Å². The molecule has 2 atom stereocenters. The smallest absolute Gasteiger partial charge is 0.0726 e. The van der Waals surface area contributed by atoms with Crippen molar-refractivity contribution in [3.63, 3.8) is 0 Å². The molecule has 13 heavy (non-hydrogen) atoms. The minimum Gasteiger partial charge on any atom is -0.380 e. The van der Waals surface area contributed by atoms with Gasteiger partial charge in [-0.3, -0.25) is 5.10 Å². The highest BCUT2D eigenvalue weighted by molar-refractivity contribution is 5.38. The Kier molecular flexibility index (Phi) is 2.52. The van der Waals surface area contributed by atoms with Gasteiger partial charge in [0, 0.05) is 12.2 Å². The second-order valence-electron chi connectivity index (χ2n) is 4.00. The number of rotatable bonds is 2. The molecular formula is C10H17N3. The molecule has 1 saturated carbocycles. The summed E-state index contributed by atoms with van der Waals surface area (Å²) < 4.78 is 0. The zero-order valence-corrected chi connectivity index (χ0v) is 8.09. The van der Waals surface area contributed by atoms with Gasteiger partial charge in [0.1, 0.15) is 0 Å². The van der Waals surface area contributed by atoms with Gasteiger partial charge in [0.25, 0.3) is 0 Å². The third-order valence-electron chi connectivity index (χ3n) is 2.96. The van der Waals surface area contributed by atoms with E-state index in [1.807, 2.05) is 12.4 Å². The summed E-state index contributed by atoms with van der Waals surface area (Å²) in [4.78, 5) is 0. The molecule has 0 saturated heterocycles. The summed E-state index contributed by atoms with van der Waals surface area (Å²) >= 11 is 0. The highest BCUT2D eigenvalue weighted by Crippen LogP contribution is 2.26. The number of anilines is 1. The number of hydrogen-bond acceptors (Lipinski definition) is 2. The molecule has 2 unspecified atom stereocenters. The molecule has 0 aliphatic heterocycles. The van der Waals surface area contributed by atoms with E-state index in [1.54, 1.807) is 0 Å². The van der Waals surface area contributed by atoms with E-state index >= 15 is 0 Å². The van der Waals surface area contributed by atoms with E-state index in [9.17, 15) is 0 Å². The lowest BCUT2D eigenvalue weighted by Crippen LogP contribution is -2.30. The Morgan fingerprint density at radius 2 is 2.31 bits per heavy atom. The van der Waals surface area contributed by atoms with E-state index in [-0.39, 0.29) is 0 Å². The van der Waals surface area contributed by atoms with Crippen LogP contribution in [0.5, 0.6) is 0 Å². The van der Waals surface area contributed by atoms with Gasteiger partial charge in [-0.1, -0.05) is 19.8 Å². The predicted octanol–water partition coefficient (Wildman–Crippen LogP) is 2.40. The molecule has 0 radical (unpaired) electrons. The lowest BCUT2D eigenvalue weighted by atomic mass is 9.86. The van der Waals surface area contributed by atoms with Gasteiger partial charge in [-0.25, -0.2) is 0 Å². The van der Waals surface area contributed by atoms with Crippen LogP contribution in [0.4, 0.5) is 5.69 Å². The Labute approximate surface area is 78.9 Å². The standard InChI is InChI=1S/C10H17N3/c1-8-4-2-3-5-10(8)13-9-6-11-12-7-9/h6-8,10,13H,2-5H2,1H3,(H,11,12). The quantitative estimate of drug-likeness (QED) is 0.732. The van der Waals surface area contributed by atoms with Crippen LogP contribution in [0.1, 0.15) is 32.6 Å². The average Bonchev–Trinajstić information content (AvgIpc) is 2.61. The monoisotopic (exact) mass is 179 g/mol. The third kappa shape index (κ3) is 2.02. The van der Waals surface area contributed by atoms with Crippen molar-refractivity contribution in [2.75, 3.05) is 5.32 Å². The first-order valence-electron chi connectivity index (χ1n) is 5.11. The van der Waals surface area contributed by atoms with Crippen molar-refractivity contribution in [3.8, 4) is 0 Å². The number of nitrogens with one attached hydrogen (secondary N) is 2. The van der Waals surface area contributed by atoms with E-state index in [1.165, 1.54) is 25.7 Å². The van der Waals surface area contributed by atoms with Gasteiger partial charge >= 0.3 is 0 Å². The summed E-state index contributed by atoms with van der Waals surface area (Å²) in [5.41, 5.74) is 1.12. The SMILES string of the molecule is CC1CCCCC1Nc1cn[nH]c1. The van der Waals surface area contributed by atoms with Crippen LogP contribution >= 0.6 is 0 Å². The van der Waals surface area contributed by atoms with Crippen molar-refractivity contribution < 1.29 is 0 Å². The zero-order chi connectivity index (χ0) is 9.10. The lowest BCUT2D eigenvalue weighted by molar-refractivity contribution is 0.349. The van der Waals surface area contributed by atoms with E-state index < -0.39 is 0 Å². The molecule has 3 nitrogen and oxygen atoms in total. The normalized spacial score (nSPS) is 28.7. The summed E-state index contributed by atoms with van der Waals surface area (Å²) in [6.45, 7) is 2.33. The predicted molar refractivity (Wildman–Crippen MR) is 53.6 cm³/mol. The van der Waals surface area contributed by atoms with Crippen LogP contribution in [-0.4, -0.2) is 16.2 Å². The fourth-order valence-corrected chi connectivity index (χ4v) is 2.07. The first-order chi connectivity index (χ1) is 6.36. The Morgan fingerprint density at radius 1 is 1.46 bits per heavy atom. The van der Waals surface area contributed by atoms with Crippen molar-refractivity contribution >= 4 is 5.69 Å². The molecule has 0 amide bonds. The maximum Gasteiger partial charge on any atom is 0.0726 e. The summed E-state index contributed by atoms with van der Waals surface area (Å²) in [6.07, 6.45) is 9.18. The molecule has 1 fully saturated rings. The largest absolute Gasteiger partial charge is 0.380 e. The minimum absolute atomic E-state index is 0.645. The van der Waals surface area contributed by atoms with Crippen LogP contribution in [-0.2, 0) is 0 Å². The van der Waals surface area contributed by atoms with Crippen LogP contribution in [0.15, 0.2) is 12.4 Å². The molecule has 1 aromatic rings. The average molecular weight is 179 g/mol. The van der Waals surface area contributed by atoms with Crippen molar-refractivity contribution in [2.24, 2.45) is 5.92 Å². The molecule has 72 valence electrons. The summed E-state index contributed by atoms with van der Waals surface area (Å²) in [7, 11) is 0. The second-order valence-corrected chi connectivity index (χ2v) is 4.00. The molecule has 0 spiro atoms. The summed E-state index contributed by atoms with van der Waals surface area (Å²) in [5, 5.41) is 10.3. The Morgan fingerprint density at radius 3 is 3.00 bits per heavy atom. The maximum atomic E-state index is 3.93. The van der Waals surface area contributed by atoms with Crippen LogP contribution in [0.25, 0.3) is 0 Å². The Hall–Kier alpha value is -0.990. The zero-order valence-electron chi connectivity index (χ0n) is 8.09. The van der Waals surface area contributed by atoms with Crippen LogP contribution < -0.4 is 5.32 Å². The van der Waals surface area contributed by atoms with E-state index in [0.29, 0.717) is 6.04 Å². The van der Waals surface area contributed by atoms with E-state index in [0.717, 1.165) is 11.6 Å². The maximum absolute atomic E-state index is 3.93. The Bertz CT molecular complexity index is 243. The number of aromatic amines is 1. The van der Waals surface area contributed by atoms with Crippen molar-refractivity contribution in [3.05, 3.63) is 12.4 Å². The third-order valence-corrected chi connectivity index (χ3v) is 2.96. The molecule has 1 aromatic heterocycles. The molecule has 0 bridgehead atoms. The molecule has 2 N–H and O–H groups in total. The molecule has 2 rings (SSSR count). The molecule has 1 heterocycles. The number of nitrogens with zero attached hydrogens (tertiary/aromatic N) is 1. The van der Waals surface area contributed by atoms with Gasteiger partial charge in [-0.15, -0.1) is 0 Å². The highest BCUT2D eigenvalue weighted by Gasteiger charge is 2.20. The van der Waals surface area contributed by atoms with Gasteiger partial charge in [-0.05, 0) is 18.8 Å². The molecular weight excluding hydrogens is 162 g/mol. The van der Waals surface area contributed by atoms with Crippen molar-refractivity contribution in [1.82, 2.24) is 10.2 Å². The summed E-state index contributed by atoms with van der Waals surface area (Å²) in [6, 6.07) is 0.645. The van der Waals surface area contributed by atoms with Crippen LogP contribution in [0.2, 0.25) is 0 Å². The van der Waals surface area contributed by atoms with Crippen LogP contribution in [0, 0.1) is 5.92 Å². The van der Waals surface area contributed by atoms with Gasteiger partial charge < -0.3 is 5.32 Å². The first-order valence-corrected chi connectivity index (χ1v) is 5.11. The van der Waals surface area contributed by atoms with Gasteiger partial charge in [-0.2, -0.15) is 5.10 Å². The van der Waals surface area contributed by atoms with E-state index in [2.05, 4.69) is 22.4 Å². The van der Waals surface area contributed by atoms with Gasteiger partial charge in [0.05, 0.1) is 11.9 Å². The number of aromatic nitrogens is 2. The van der Waals surface area contributed by atoms with Gasteiger partial charge in [0.2, 0.25) is 0 Å². The minimum atomic E-state index is 0.645. The Balaban J connectivity index is 1.93. The molecule has 1 aliphatic rings. The van der Waals surface area contributed by atoms with Crippen LogP contribution in [0.3, 0.4) is 0 Å². The van der Waals surface area contributed by atoms with Crippen molar-refractivity contribution in [2.45, 2.75) is 38.6 Å². The lowest BCUT2D eigenvalue weighted by Gasteiger charge is -2.29. The number of hydrogen-bond donors (Lipinski definition) is 2. The van der Waals surface area contributed by atoms with Gasteiger partial charge in [0.15, 0.2) is 0 Å². The van der Waals surface area contributed by atoms with Crippen molar-refractivity contribution in [1.29, 1.82) is 0 Å². The summed E-state index contributed by atoms with van der Waals surface area (Å²) in [5.74, 6) is 0.795. The molecule has 1 aliphatic carbocycles. The number of H-pyrrole nitrogens is 1. The second kappa shape index (κ2) is 3.81. The highest BCUT2D eigenvalue weighted by atomic mass is 15.1. The van der Waals surface area contributed by atoms with E-state index in [4.69, 9.17) is 0 Å².